The third-order valence-electron chi connectivity index (χ3n) is 4.48. The summed E-state index contributed by atoms with van der Waals surface area (Å²) in [6.45, 7) is 4.08. The van der Waals surface area contributed by atoms with E-state index in [0.717, 1.165) is 26.5 Å². The Bertz CT molecular complexity index is 1110. The summed E-state index contributed by atoms with van der Waals surface area (Å²) in [5, 5.41) is 3.95. The van der Waals surface area contributed by atoms with E-state index in [0.29, 0.717) is 17.7 Å². The Kier molecular flexibility index (Phi) is 5.08. The molecule has 2 aromatic carbocycles. The number of H-pyrrole nitrogens is 1. The zero-order chi connectivity index (χ0) is 19.8. The van der Waals surface area contributed by atoms with Gasteiger partial charge in [0.2, 0.25) is 10.0 Å². The number of rotatable bonds is 5. The molecule has 1 heterocycles. The summed E-state index contributed by atoms with van der Waals surface area (Å²) >= 11 is 0. The lowest BCUT2D eigenvalue weighted by molar-refractivity contribution is 0.0950. The molecule has 0 saturated carbocycles. The van der Waals surface area contributed by atoms with Crippen LogP contribution >= 0.6 is 0 Å². The number of nitrogens with one attached hydrogen (secondary N) is 2. The third-order valence-corrected chi connectivity index (χ3v) is 6.44. The summed E-state index contributed by atoms with van der Waals surface area (Å²) in [6.07, 6.45) is 0. The number of carbonyl (C=O) groups is 1. The van der Waals surface area contributed by atoms with Gasteiger partial charge in [-0.1, -0.05) is 12.1 Å². The molecule has 0 aliphatic carbocycles. The van der Waals surface area contributed by atoms with Gasteiger partial charge in [0.05, 0.1) is 4.90 Å². The van der Waals surface area contributed by atoms with Crippen molar-refractivity contribution in [1.29, 1.82) is 0 Å². The fraction of sp³-hybridized carbons (Fsp3) is 0.250. The molecule has 2 N–H and O–H groups in total. The Morgan fingerprint density at radius 1 is 1.07 bits per heavy atom. The third kappa shape index (κ3) is 3.89. The molecule has 0 unspecified atom stereocenters. The molecule has 0 saturated heterocycles. The number of aryl methyl sites for hydroxylation is 2. The Balaban J connectivity index is 1.79. The van der Waals surface area contributed by atoms with Crippen LogP contribution < -0.4 is 5.32 Å². The molecule has 1 aromatic heterocycles. The highest BCUT2D eigenvalue weighted by atomic mass is 32.2. The number of sulfonamides is 1. The average molecular weight is 385 g/mol. The number of hydrogen-bond donors (Lipinski definition) is 2. The Hall–Kier alpha value is -2.64. The first-order valence-electron chi connectivity index (χ1n) is 8.58. The van der Waals surface area contributed by atoms with E-state index in [1.807, 2.05) is 25.1 Å². The van der Waals surface area contributed by atoms with Crippen molar-refractivity contribution in [3.8, 4) is 0 Å². The highest BCUT2D eigenvalue weighted by molar-refractivity contribution is 7.89. The molecule has 0 fully saturated rings. The van der Waals surface area contributed by atoms with E-state index in [-0.39, 0.29) is 10.8 Å². The fourth-order valence-corrected chi connectivity index (χ4v) is 4.08. The van der Waals surface area contributed by atoms with Crippen LogP contribution in [0.25, 0.3) is 10.9 Å². The maximum atomic E-state index is 12.5. The second kappa shape index (κ2) is 7.17. The molecule has 0 aliphatic rings. The zero-order valence-electron chi connectivity index (χ0n) is 15.8. The van der Waals surface area contributed by atoms with Crippen LogP contribution in [0.5, 0.6) is 0 Å². The molecule has 27 heavy (non-hydrogen) atoms. The normalized spacial score (nSPS) is 11.9. The predicted octanol–water partition coefficient (Wildman–Crippen LogP) is 2.97. The van der Waals surface area contributed by atoms with E-state index in [9.17, 15) is 13.2 Å². The second-order valence-electron chi connectivity index (χ2n) is 6.82. The van der Waals surface area contributed by atoms with Crippen LogP contribution in [0.3, 0.4) is 0 Å². The monoisotopic (exact) mass is 385 g/mol. The number of amides is 1. The van der Waals surface area contributed by atoms with Crippen LogP contribution in [0.15, 0.2) is 47.4 Å². The minimum atomic E-state index is -3.60. The van der Waals surface area contributed by atoms with Gasteiger partial charge in [0.15, 0.2) is 0 Å². The summed E-state index contributed by atoms with van der Waals surface area (Å²) in [4.78, 5) is 15.9. The van der Waals surface area contributed by atoms with Crippen LogP contribution in [0.4, 0.5) is 0 Å². The molecule has 6 nitrogen and oxygen atoms in total. The van der Waals surface area contributed by atoms with Crippen molar-refractivity contribution >= 4 is 26.8 Å². The van der Waals surface area contributed by atoms with Gasteiger partial charge in [-0.25, -0.2) is 12.7 Å². The molecule has 7 heteroatoms. The quantitative estimate of drug-likeness (QED) is 0.708. The van der Waals surface area contributed by atoms with Crippen molar-refractivity contribution in [3.63, 3.8) is 0 Å². The standard InChI is InChI=1S/C20H23N3O3S/c1-13-5-7-16(11-19(13)27(25,26)23(3)4)20(24)21-12-15-6-8-18-17(10-15)9-14(2)22-18/h5-11,22H,12H2,1-4H3,(H,21,24). The summed E-state index contributed by atoms with van der Waals surface area (Å²) in [5.41, 5.74) is 4.04. The van der Waals surface area contributed by atoms with Crippen molar-refractivity contribution in [2.75, 3.05) is 14.1 Å². The minimum Gasteiger partial charge on any atom is -0.359 e. The Morgan fingerprint density at radius 3 is 2.52 bits per heavy atom. The van der Waals surface area contributed by atoms with E-state index in [2.05, 4.69) is 16.4 Å². The first kappa shape index (κ1) is 19.1. The summed E-state index contributed by atoms with van der Waals surface area (Å²) in [6, 6.07) is 12.7. The molecule has 0 aliphatic heterocycles. The van der Waals surface area contributed by atoms with Gasteiger partial charge < -0.3 is 10.3 Å². The Morgan fingerprint density at radius 2 is 1.81 bits per heavy atom. The lowest BCUT2D eigenvalue weighted by Crippen LogP contribution is -2.25. The lowest BCUT2D eigenvalue weighted by atomic mass is 10.1. The van der Waals surface area contributed by atoms with E-state index in [1.54, 1.807) is 19.1 Å². The van der Waals surface area contributed by atoms with Crippen LogP contribution in [0, 0.1) is 13.8 Å². The molecular weight excluding hydrogens is 362 g/mol. The number of benzene rings is 2. The maximum absolute atomic E-state index is 12.5. The molecular formula is C20H23N3O3S. The van der Waals surface area contributed by atoms with E-state index < -0.39 is 10.0 Å². The largest absolute Gasteiger partial charge is 0.359 e. The smallest absolute Gasteiger partial charge is 0.251 e. The minimum absolute atomic E-state index is 0.143. The zero-order valence-corrected chi connectivity index (χ0v) is 16.6. The molecule has 3 aromatic rings. The lowest BCUT2D eigenvalue weighted by Gasteiger charge is -2.14. The molecule has 3 rings (SSSR count). The summed E-state index contributed by atoms with van der Waals surface area (Å²) in [7, 11) is -0.658. The van der Waals surface area contributed by atoms with Crippen LogP contribution in [-0.2, 0) is 16.6 Å². The van der Waals surface area contributed by atoms with Crippen LogP contribution in [0.2, 0.25) is 0 Å². The molecule has 142 valence electrons. The van der Waals surface area contributed by atoms with Crippen LogP contribution in [-0.4, -0.2) is 37.7 Å². The number of aromatic nitrogens is 1. The number of nitrogens with zero attached hydrogens (tertiary/aromatic N) is 1. The van der Waals surface area contributed by atoms with Crippen molar-refractivity contribution in [3.05, 3.63) is 64.8 Å². The number of carbonyl (C=O) groups excluding carboxylic acids is 1. The van der Waals surface area contributed by atoms with Gasteiger partial charge in [-0.15, -0.1) is 0 Å². The first-order valence-corrected chi connectivity index (χ1v) is 10.0. The fourth-order valence-electron chi connectivity index (χ4n) is 2.94. The molecule has 0 bridgehead atoms. The van der Waals surface area contributed by atoms with Crippen LogP contribution in [0.1, 0.15) is 27.2 Å². The maximum Gasteiger partial charge on any atom is 0.251 e. The summed E-state index contributed by atoms with van der Waals surface area (Å²) < 4.78 is 26.0. The highest BCUT2D eigenvalue weighted by Gasteiger charge is 2.21. The van der Waals surface area contributed by atoms with Crippen molar-refractivity contribution in [2.24, 2.45) is 0 Å². The molecule has 0 spiro atoms. The SMILES string of the molecule is Cc1cc2cc(CNC(=O)c3ccc(C)c(S(=O)(=O)N(C)C)c3)ccc2[nH]1. The van der Waals surface area contributed by atoms with Crippen molar-refractivity contribution in [2.45, 2.75) is 25.3 Å². The van der Waals surface area contributed by atoms with Gasteiger partial charge in [-0.2, -0.15) is 0 Å². The van der Waals surface area contributed by atoms with Gasteiger partial charge >= 0.3 is 0 Å². The van der Waals surface area contributed by atoms with Gasteiger partial charge in [0.25, 0.3) is 5.91 Å². The van der Waals surface area contributed by atoms with Gasteiger partial charge in [-0.05, 0) is 60.7 Å². The van der Waals surface area contributed by atoms with E-state index in [1.165, 1.54) is 20.2 Å². The van der Waals surface area contributed by atoms with Gasteiger partial charge in [0, 0.05) is 37.4 Å². The molecule has 1 amide bonds. The topological polar surface area (TPSA) is 82.3 Å². The van der Waals surface area contributed by atoms with Gasteiger partial charge in [0.1, 0.15) is 0 Å². The van der Waals surface area contributed by atoms with E-state index in [4.69, 9.17) is 0 Å². The second-order valence-corrected chi connectivity index (χ2v) is 8.94. The van der Waals surface area contributed by atoms with Crippen molar-refractivity contribution in [1.82, 2.24) is 14.6 Å². The average Bonchev–Trinajstić information content (AvgIpc) is 2.98. The van der Waals surface area contributed by atoms with E-state index >= 15 is 0 Å². The number of fused-ring (bicyclic) bond motifs is 1. The summed E-state index contributed by atoms with van der Waals surface area (Å²) in [5.74, 6) is -0.310. The molecule has 0 radical (unpaired) electrons. The van der Waals surface area contributed by atoms with Gasteiger partial charge in [-0.3, -0.25) is 4.79 Å². The highest BCUT2D eigenvalue weighted by Crippen LogP contribution is 2.20. The predicted molar refractivity (Wildman–Crippen MR) is 106 cm³/mol. The first-order chi connectivity index (χ1) is 12.7. The molecule has 0 atom stereocenters. The number of hydrogen-bond acceptors (Lipinski definition) is 3. The van der Waals surface area contributed by atoms with Crippen molar-refractivity contribution < 1.29 is 13.2 Å². The number of aromatic amines is 1. The Labute approximate surface area is 159 Å².